The highest BCUT2D eigenvalue weighted by molar-refractivity contribution is 5.83. The number of hydrogen-bond donors (Lipinski definition) is 0. The summed E-state index contributed by atoms with van der Waals surface area (Å²) in [4.78, 5) is 16.3. The van der Waals surface area contributed by atoms with Gasteiger partial charge in [-0.15, -0.1) is 0 Å². The molecule has 1 heterocycles. The van der Waals surface area contributed by atoms with Crippen LogP contribution in [0, 0.1) is 11.3 Å². The molecule has 88 valence electrons. The molecule has 4 heteroatoms. The number of Topliss-reactive ketones (excluding diaryl/α,β-unsaturated/α-hetero) is 1. The number of ketones is 1. The predicted octanol–water partition coefficient (Wildman–Crippen LogP) is 1.75. The van der Waals surface area contributed by atoms with Crippen molar-refractivity contribution in [3.63, 3.8) is 0 Å². The second-order valence-electron chi connectivity index (χ2n) is 5.38. The molecule has 4 nitrogen and oxygen atoms in total. The van der Waals surface area contributed by atoms with E-state index in [1.807, 2.05) is 7.05 Å². The standard InChI is InChI=1S/C12H19N3O/c1-12(2)6-4-5-9(12)10(16)7-11-13-8-14-15(11)3/h8-9H,4-7H2,1-3H3. The SMILES string of the molecule is Cn1ncnc1CC(=O)C1CCCC1(C)C. The molecule has 0 spiro atoms. The quantitative estimate of drug-likeness (QED) is 0.781. The number of aromatic nitrogens is 3. The van der Waals surface area contributed by atoms with Crippen LogP contribution in [0.5, 0.6) is 0 Å². The Bertz CT molecular complexity index is 395. The lowest BCUT2D eigenvalue weighted by Crippen LogP contribution is -2.27. The fourth-order valence-corrected chi connectivity index (χ4v) is 2.68. The molecule has 0 saturated heterocycles. The highest BCUT2D eigenvalue weighted by Crippen LogP contribution is 2.43. The maximum absolute atomic E-state index is 12.2. The van der Waals surface area contributed by atoms with Gasteiger partial charge in [0.2, 0.25) is 0 Å². The maximum atomic E-state index is 12.2. The van der Waals surface area contributed by atoms with Crippen molar-refractivity contribution in [2.45, 2.75) is 39.5 Å². The minimum Gasteiger partial charge on any atom is -0.299 e. The van der Waals surface area contributed by atoms with Crippen LogP contribution in [0.2, 0.25) is 0 Å². The van der Waals surface area contributed by atoms with Crippen LogP contribution in [-0.4, -0.2) is 20.5 Å². The van der Waals surface area contributed by atoms with E-state index in [0.717, 1.165) is 18.7 Å². The molecular formula is C12H19N3O. The van der Waals surface area contributed by atoms with Crippen LogP contribution in [0.25, 0.3) is 0 Å². The number of aryl methyl sites for hydroxylation is 1. The van der Waals surface area contributed by atoms with Crippen molar-refractivity contribution in [3.05, 3.63) is 12.2 Å². The molecule has 0 amide bonds. The fraction of sp³-hybridized carbons (Fsp3) is 0.750. The Morgan fingerprint density at radius 3 is 2.88 bits per heavy atom. The van der Waals surface area contributed by atoms with Crippen LogP contribution < -0.4 is 0 Å². The highest BCUT2D eigenvalue weighted by atomic mass is 16.1. The number of carbonyl (C=O) groups is 1. The minimum absolute atomic E-state index is 0.162. The summed E-state index contributed by atoms with van der Waals surface area (Å²) in [7, 11) is 1.83. The van der Waals surface area contributed by atoms with E-state index in [0.29, 0.717) is 12.2 Å². The van der Waals surface area contributed by atoms with Gasteiger partial charge in [-0.3, -0.25) is 9.48 Å². The first-order valence-corrected chi connectivity index (χ1v) is 5.86. The van der Waals surface area contributed by atoms with Crippen LogP contribution in [0.4, 0.5) is 0 Å². The van der Waals surface area contributed by atoms with Crippen molar-refractivity contribution in [1.29, 1.82) is 0 Å². The number of hydrogen-bond acceptors (Lipinski definition) is 3. The molecule has 1 fully saturated rings. The zero-order chi connectivity index (χ0) is 11.8. The summed E-state index contributed by atoms with van der Waals surface area (Å²) in [5, 5.41) is 3.99. The molecule has 1 aliphatic rings. The molecule has 1 aliphatic carbocycles. The minimum atomic E-state index is 0.162. The highest BCUT2D eigenvalue weighted by Gasteiger charge is 2.39. The van der Waals surface area contributed by atoms with Gasteiger partial charge in [0, 0.05) is 13.0 Å². The van der Waals surface area contributed by atoms with Gasteiger partial charge in [0.15, 0.2) is 0 Å². The summed E-state index contributed by atoms with van der Waals surface area (Å²) in [6.07, 6.45) is 5.28. The van der Waals surface area contributed by atoms with Gasteiger partial charge < -0.3 is 0 Å². The summed E-state index contributed by atoms with van der Waals surface area (Å²) in [5.41, 5.74) is 0.162. The van der Waals surface area contributed by atoms with Crippen LogP contribution in [0.1, 0.15) is 38.9 Å². The second-order valence-corrected chi connectivity index (χ2v) is 5.38. The van der Waals surface area contributed by atoms with E-state index < -0.39 is 0 Å². The van der Waals surface area contributed by atoms with Crippen LogP contribution in [0.3, 0.4) is 0 Å². The van der Waals surface area contributed by atoms with Crippen LogP contribution in [0.15, 0.2) is 6.33 Å². The molecule has 16 heavy (non-hydrogen) atoms. The van der Waals surface area contributed by atoms with E-state index >= 15 is 0 Å². The Labute approximate surface area is 96.1 Å². The summed E-state index contributed by atoms with van der Waals surface area (Å²) >= 11 is 0. The second kappa shape index (κ2) is 4.00. The normalized spacial score (nSPS) is 23.6. The van der Waals surface area contributed by atoms with Crippen molar-refractivity contribution >= 4 is 5.78 Å². The van der Waals surface area contributed by atoms with Gasteiger partial charge in [-0.05, 0) is 18.3 Å². The summed E-state index contributed by atoms with van der Waals surface area (Å²) in [6, 6.07) is 0. The van der Waals surface area contributed by atoms with Gasteiger partial charge >= 0.3 is 0 Å². The largest absolute Gasteiger partial charge is 0.299 e. The Morgan fingerprint density at radius 2 is 2.38 bits per heavy atom. The van der Waals surface area contributed by atoms with E-state index in [9.17, 15) is 4.79 Å². The van der Waals surface area contributed by atoms with E-state index in [1.165, 1.54) is 12.7 Å². The molecule has 0 radical (unpaired) electrons. The lowest BCUT2D eigenvalue weighted by atomic mass is 9.78. The Hall–Kier alpha value is -1.19. The van der Waals surface area contributed by atoms with Gasteiger partial charge in [0.1, 0.15) is 17.9 Å². The van der Waals surface area contributed by atoms with Crippen molar-refractivity contribution in [1.82, 2.24) is 14.8 Å². The van der Waals surface area contributed by atoms with Crippen molar-refractivity contribution in [2.75, 3.05) is 0 Å². The van der Waals surface area contributed by atoms with Crippen molar-refractivity contribution < 1.29 is 4.79 Å². The summed E-state index contributed by atoms with van der Waals surface area (Å²) in [6.45, 7) is 4.39. The summed E-state index contributed by atoms with van der Waals surface area (Å²) < 4.78 is 1.68. The molecule has 1 aromatic rings. The van der Waals surface area contributed by atoms with Gasteiger partial charge in [0.05, 0.1) is 6.42 Å². The zero-order valence-corrected chi connectivity index (χ0v) is 10.2. The van der Waals surface area contributed by atoms with E-state index in [2.05, 4.69) is 23.9 Å². The average Bonchev–Trinajstić information content (AvgIpc) is 2.73. The molecule has 1 atom stereocenters. The van der Waals surface area contributed by atoms with Gasteiger partial charge in [0.25, 0.3) is 0 Å². The van der Waals surface area contributed by atoms with Crippen molar-refractivity contribution in [3.8, 4) is 0 Å². The van der Waals surface area contributed by atoms with E-state index in [4.69, 9.17) is 0 Å². The molecule has 2 rings (SSSR count). The Kier molecular flexibility index (Phi) is 2.82. The third kappa shape index (κ3) is 2.01. The number of nitrogens with zero attached hydrogens (tertiary/aromatic N) is 3. The smallest absolute Gasteiger partial charge is 0.144 e. The Balaban J connectivity index is 2.07. The van der Waals surface area contributed by atoms with E-state index in [-0.39, 0.29) is 11.3 Å². The molecule has 1 saturated carbocycles. The predicted molar refractivity (Wildman–Crippen MR) is 60.8 cm³/mol. The monoisotopic (exact) mass is 221 g/mol. The molecule has 1 unspecified atom stereocenters. The van der Waals surface area contributed by atoms with Crippen LogP contribution >= 0.6 is 0 Å². The first kappa shape index (κ1) is 11.3. The number of rotatable bonds is 3. The molecule has 0 aromatic carbocycles. The number of carbonyl (C=O) groups excluding carboxylic acids is 1. The average molecular weight is 221 g/mol. The van der Waals surface area contributed by atoms with Gasteiger partial charge in [-0.2, -0.15) is 5.10 Å². The first-order valence-electron chi connectivity index (χ1n) is 5.86. The topological polar surface area (TPSA) is 47.8 Å². The van der Waals surface area contributed by atoms with Gasteiger partial charge in [-0.25, -0.2) is 4.98 Å². The zero-order valence-electron chi connectivity index (χ0n) is 10.2. The lowest BCUT2D eigenvalue weighted by Gasteiger charge is -2.25. The van der Waals surface area contributed by atoms with Crippen molar-refractivity contribution in [2.24, 2.45) is 18.4 Å². The van der Waals surface area contributed by atoms with E-state index in [1.54, 1.807) is 4.68 Å². The van der Waals surface area contributed by atoms with Gasteiger partial charge in [-0.1, -0.05) is 20.3 Å². The molecule has 0 N–H and O–H groups in total. The molecule has 0 aliphatic heterocycles. The molecule has 1 aromatic heterocycles. The van der Waals surface area contributed by atoms with Crippen LogP contribution in [-0.2, 0) is 18.3 Å². The third-order valence-corrected chi connectivity index (χ3v) is 3.78. The summed E-state index contributed by atoms with van der Waals surface area (Å²) in [5.74, 6) is 1.29. The molecular weight excluding hydrogens is 202 g/mol. The lowest BCUT2D eigenvalue weighted by molar-refractivity contribution is -0.124. The maximum Gasteiger partial charge on any atom is 0.144 e. The third-order valence-electron chi connectivity index (χ3n) is 3.78. The molecule has 0 bridgehead atoms. The Morgan fingerprint density at radius 1 is 1.62 bits per heavy atom. The first-order chi connectivity index (χ1) is 7.50. The fourth-order valence-electron chi connectivity index (χ4n) is 2.68.